The molecule has 2 aliphatic heterocycles. The zero-order valence-electron chi connectivity index (χ0n) is 13.9. The number of aliphatic hydroxyl groups is 2. The predicted molar refractivity (Wildman–Crippen MR) is 86.8 cm³/mol. The van der Waals surface area contributed by atoms with E-state index in [0.29, 0.717) is 0 Å². The second-order valence-electron chi connectivity index (χ2n) is 6.98. The van der Waals surface area contributed by atoms with Gasteiger partial charge >= 0.3 is 0 Å². The van der Waals surface area contributed by atoms with Gasteiger partial charge in [0.25, 0.3) is 0 Å². The molecule has 2 N–H and O–H groups in total. The molecule has 0 spiro atoms. The van der Waals surface area contributed by atoms with E-state index in [1.165, 1.54) is 5.56 Å². The molecule has 0 aliphatic carbocycles. The Morgan fingerprint density at radius 2 is 2.00 bits per heavy atom. The Kier molecular flexibility index (Phi) is 5.04. The summed E-state index contributed by atoms with van der Waals surface area (Å²) in [5.41, 5.74) is 1.24. The van der Waals surface area contributed by atoms with E-state index in [4.69, 9.17) is 9.47 Å². The molecule has 128 valence electrons. The number of hydrogen-bond donors (Lipinski definition) is 2. The SMILES string of the molecule is CC1(C)O[C@@H]([C@@H](O)[C@@H]2CCCN2Cc2ccccc2)[C@@H](CO)O1. The van der Waals surface area contributed by atoms with Crippen molar-refractivity contribution in [3.8, 4) is 0 Å². The van der Waals surface area contributed by atoms with Crippen LogP contribution < -0.4 is 0 Å². The molecule has 2 fully saturated rings. The Labute approximate surface area is 137 Å². The monoisotopic (exact) mass is 321 g/mol. The van der Waals surface area contributed by atoms with Crippen LogP contribution in [0.5, 0.6) is 0 Å². The molecule has 4 atom stereocenters. The van der Waals surface area contributed by atoms with Crippen LogP contribution in [0.2, 0.25) is 0 Å². The molecule has 23 heavy (non-hydrogen) atoms. The van der Waals surface area contributed by atoms with Crippen LogP contribution in [0.15, 0.2) is 30.3 Å². The van der Waals surface area contributed by atoms with Crippen molar-refractivity contribution in [1.29, 1.82) is 0 Å². The van der Waals surface area contributed by atoms with Gasteiger partial charge in [0, 0.05) is 12.6 Å². The number of likely N-dealkylation sites (tertiary alicyclic amines) is 1. The summed E-state index contributed by atoms with van der Waals surface area (Å²) in [5, 5.41) is 20.4. The largest absolute Gasteiger partial charge is 0.394 e. The van der Waals surface area contributed by atoms with E-state index in [2.05, 4.69) is 17.0 Å². The molecule has 3 rings (SSSR count). The van der Waals surface area contributed by atoms with E-state index in [1.807, 2.05) is 32.0 Å². The van der Waals surface area contributed by atoms with Crippen LogP contribution >= 0.6 is 0 Å². The summed E-state index contributed by atoms with van der Waals surface area (Å²) in [5.74, 6) is -0.762. The molecule has 0 unspecified atom stereocenters. The van der Waals surface area contributed by atoms with Crippen molar-refractivity contribution in [2.24, 2.45) is 0 Å². The van der Waals surface area contributed by atoms with Crippen molar-refractivity contribution >= 4 is 0 Å². The number of rotatable bonds is 5. The van der Waals surface area contributed by atoms with Gasteiger partial charge in [0.2, 0.25) is 0 Å². The van der Waals surface area contributed by atoms with E-state index in [9.17, 15) is 10.2 Å². The van der Waals surface area contributed by atoms with Crippen LogP contribution in [0.1, 0.15) is 32.3 Å². The number of aliphatic hydroxyl groups excluding tert-OH is 2. The molecule has 5 nitrogen and oxygen atoms in total. The van der Waals surface area contributed by atoms with E-state index in [1.54, 1.807) is 0 Å². The molecular weight excluding hydrogens is 294 g/mol. The highest BCUT2D eigenvalue weighted by atomic mass is 16.8. The van der Waals surface area contributed by atoms with Crippen LogP contribution in [0.4, 0.5) is 0 Å². The van der Waals surface area contributed by atoms with E-state index < -0.39 is 24.1 Å². The van der Waals surface area contributed by atoms with E-state index >= 15 is 0 Å². The summed E-state index contributed by atoms with van der Waals surface area (Å²) in [6, 6.07) is 10.3. The Morgan fingerprint density at radius 1 is 1.26 bits per heavy atom. The number of hydrogen-bond acceptors (Lipinski definition) is 5. The molecule has 5 heteroatoms. The highest BCUT2D eigenvalue weighted by Crippen LogP contribution is 2.34. The van der Waals surface area contributed by atoms with Crippen LogP contribution in [-0.4, -0.2) is 58.4 Å². The minimum absolute atomic E-state index is 0.0340. The topological polar surface area (TPSA) is 62.2 Å². The third kappa shape index (κ3) is 3.75. The third-order valence-corrected chi connectivity index (χ3v) is 4.78. The summed E-state index contributed by atoms with van der Waals surface area (Å²) in [6.07, 6.45) is 0.373. The van der Waals surface area contributed by atoms with Gasteiger partial charge in [0.05, 0.1) is 12.7 Å². The first-order valence-corrected chi connectivity index (χ1v) is 8.43. The van der Waals surface area contributed by atoms with Crippen molar-refractivity contribution in [3.05, 3.63) is 35.9 Å². The second kappa shape index (κ2) is 6.87. The minimum Gasteiger partial charge on any atom is -0.394 e. The lowest BCUT2D eigenvalue weighted by atomic mass is 9.99. The number of ether oxygens (including phenoxy) is 2. The second-order valence-corrected chi connectivity index (χ2v) is 6.98. The molecule has 0 aromatic heterocycles. The summed E-state index contributed by atoms with van der Waals surface area (Å²) < 4.78 is 11.6. The van der Waals surface area contributed by atoms with Gasteiger partial charge in [-0.3, -0.25) is 4.90 Å². The summed E-state index contributed by atoms with van der Waals surface area (Å²) in [7, 11) is 0. The smallest absolute Gasteiger partial charge is 0.164 e. The molecule has 1 aromatic carbocycles. The van der Waals surface area contributed by atoms with Crippen LogP contribution in [0, 0.1) is 0 Å². The maximum atomic E-state index is 10.9. The molecule has 0 radical (unpaired) electrons. The first-order chi connectivity index (χ1) is 11.0. The first kappa shape index (κ1) is 16.9. The fourth-order valence-electron chi connectivity index (χ4n) is 3.77. The van der Waals surface area contributed by atoms with Crippen molar-refractivity contribution in [2.45, 2.75) is 63.4 Å². The van der Waals surface area contributed by atoms with Gasteiger partial charge in [-0.2, -0.15) is 0 Å². The number of benzene rings is 1. The predicted octanol–water partition coefficient (Wildman–Crippen LogP) is 1.52. The average molecular weight is 321 g/mol. The van der Waals surface area contributed by atoms with Crippen LogP contribution in [-0.2, 0) is 16.0 Å². The average Bonchev–Trinajstić information content (AvgIpc) is 3.11. The van der Waals surface area contributed by atoms with E-state index in [-0.39, 0.29) is 12.6 Å². The van der Waals surface area contributed by atoms with Gasteiger partial charge in [0.1, 0.15) is 12.2 Å². The molecule has 1 aromatic rings. The fourth-order valence-corrected chi connectivity index (χ4v) is 3.77. The van der Waals surface area contributed by atoms with Crippen LogP contribution in [0.25, 0.3) is 0 Å². The maximum absolute atomic E-state index is 10.9. The highest BCUT2D eigenvalue weighted by molar-refractivity contribution is 5.15. The van der Waals surface area contributed by atoms with Crippen molar-refractivity contribution in [2.75, 3.05) is 13.2 Å². The quantitative estimate of drug-likeness (QED) is 0.861. The molecule has 2 heterocycles. The Hall–Kier alpha value is -0.980. The Bertz CT molecular complexity index is 507. The molecular formula is C18H27NO4. The highest BCUT2D eigenvalue weighted by Gasteiger charge is 2.48. The van der Waals surface area contributed by atoms with Crippen molar-refractivity contribution in [1.82, 2.24) is 4.90 Å². The minimum atomic E-state index is -0.762. The lowest BCUT2D eigenvalue weighted by Gasteiger charge is -2.32. The molecule has 2 saturated heterocycles. The summed E-state index contributed by atoms with van der Waals surface area (Å²) >= 11 is 0. The zero-order chi connectivity index (χ0) is 16.4. The molecule has 2 aliphatic rings. The van der Waals surface area contributed by atoms with Crippen molar-refractivity contribution in [3.63, 3.8) is 0 Å². The lowest BCUT2D eigenvalue weighted by molar-refractivity contribution is -0.160. The van der Waals surface area contributed by atoms with Gasteiger partial charge < -0.3 is 19.7 Å². The lowest BCUT2D eigenvalue weighted by Crippen LogP contribution is -2.49. The third-order valence-electron chi connectivity index (χ3n) is 4.78. The fraction of sp³-hybridized carbons (Fsp3) is 0.667. The van der Waals surface area contributed by atoms with Gasteiger partial charge in [-0.15, -0.1) is 0 Å². The Balaban J connectivity index is 1.69. The van der Waals surface area contributed by atoms with E-state index in [0.717, 1.165) is 25.9 Å². The van der Waals surface area contributed by atoms with Gasteiger partial charge in [-0.05, 0) is 38.8 Å². The molecule has 0 saturated carbocycles. The number of nitrogens with zero attached hydrogens (tertiary/aromatic N) is 1. The standard InChI is InChI=1S/C18H27NO4/c1-18(2)22-15(12-20)17(23-18)16(21)14-9-6-10-19(14)11-13-7-4-3-5-8-13/h3-5,7-8,14-17,20-21H,6,9-12H2,1-2H3/t14-,15+,16-,17+/m0/s1. The van der Waals surface area contributed by atoms with Gasteiger partial charge in [-0.25, -0.2) is 0 Å². The maximum Gasteiger partial charge on any atom is 0.164 e. The van der Waals surface area contributed by atoms with Gasteiger partial charge in [-0.1, -0.05) is 30.3 Å². The summed E-state index contributed by atoms with van der Waals surface area (Å²) in [6.45, 7) is 5.29. The normalized spacial score (nSPS) is 32.3. The summed E-state index contributed by atoms with van der Waals surface area (Å²) in [4.78, 5) is 2.31. The molecule has 0 amide bonds. The van der Waals surface area contributed by atoms with Gasteiger partial charge in [0.15, 0.2) is 5.79 Å². The molecule has 0 bridgehead atoms. The van der Waals surface area contributed by atoms with Crippen LogP contribution in [0.3, 0.4) is 0 Å². The zero-order valence-corrected chi connectivity index (χ0v) is 13.9. The Morgan fingerprint density at radius 3 is 2.70 bits per heavy atom. The van der Waals surface area contributed by atoms with Crippen molar-refractivity contribution < 1.29 is 19.7 Å². The first-order valence-electron chi connectivity index (χ1n) is 8.43.